The van der Waals surface area contributed by atoms with Crippen molar-refractivity contribution in [3.63, 3.8) is 0 Å². The summed E-state index contributed by atoms with van der Waals surface area (Å²) in [6, 6.07) is 0. The second kappa shape index (κ2) is 49.4. The van der Waals surface area contributed by atoms with Crippen molar-refractivity contribution in [2.75, 3.05) is 13.2 Å². The van der Waals surface area contributed by atoms with Crippen LogP contribution in [0.3, 0.4) is 0 Å². The van der Waals surface area contributed by atoms with E-state index in [0.29, 0.717) is 19.3 Å². The zero-order valence-electron chi connectivity index (χ0n) is 41.6. The van der Waals surface area contributed by atoms with E-state index in [2.05, 4.69) is 27.7 Å². The Morgan fingerprint density at radius 2 is 0.574 bits per heavy atom. The first kappa shape index (κ1) is 59.4. The summed E-state index contributed by atoms with van der Waals surface area (Å²) < 4.78 is 16.9. The molecule has 0 rings (SSSR count). The summed E-state index contributed by atoms with van der Waals surface area (Å²) in [6.07, 6.45) is 52.2. The van der Waals surface area contributed by atoms with Gasteiger partial charge in [0.2, 0.25) is 0 Å². The van der Waals surface area contributed by atoms with Crippen molar-refractivity contribution >= 4 is 17.9 Å². The molecule has 0 N–H and O–H groups in total. The van der Waals surface area contributed by atoms with Crippen LogP contribution in [0.5, 0.6) is 0 Å². The minimum atomic E-state index is -0.761. The van der Waals surface area contributed by atoms with Crippen molar-refractivity contribution in [1.82, 2.24) is 0 Å². The average Bonchev–Trinajstić information content (AvgIpc) is 3.26. The van der Waals surface area contributed by atoms with Gasteiger partial charge in [-0.1, -0.05) is 272 Å². The van der Waals surface area contributed by atoms with E-state index in [1.54, 1.807) is 0 Å². The molecule has 0 bridgehead atoms. The van der Waals surface area contributed by atoms with Gasteiger partial charge in [0.25, 0.3) is 0 Å². The van der Waals surface area contributed by atoms with E-state index in [-0.39, 0.29) is 31.1 Å². The van der Waals surface area contributed by atoms with Crippen molar-refractivity contribution in [1.29, 1.82) is 0 Å². The lowest BCUT2D eigenvalue weighted by Gasteiger charge is -2.18. The van der Waals surface area contributed by atoms with Gasteiger partial charge < -0.3 is 14.2 Å². The predicted octanol–water partition coefficient (Wildman–Crippen LogP) is 17.8. The molecule has 0 heterocycles. The summed E-state index contributed by atoms with van der Waals surface area (Å²) >= 11 is 0. The molecule has 2 atom stereocenters. The van der Waals surface area contributed by atoms with Crippen molar-refractivity contribution < 1.29 is 28.6 Å². The molecule has 0 aliphatic heterocycles. The van der Waals surface area contributed by atoms with E-state index in [1.165, 1.54) is 205 Å². The second-order valence-electron chi connectivity index (χ2n) is 19.1. The molecule has 0 saturated carbocycles. The highest BCUT2D eigenvalue weighted by Crippen LogP contribution is 2.18. The van der Waals surface area contributed by atoms with Gasteiger partial charge in [-0.15, -0.1) is 0 Å². The number of esters is 3. The smallest absolute Gasteiger partial charge is 0.306 e. The fourth-order valence-corrected chi connectivity index (χ4v) is 8.36. The van der Waals surface area contributed by atoms with Crippen molar-refractivity contribution in [2.45, 2.75) is 316 Å². The molecule has 0 saturated heterocycles. The summed E-state index contributed by atoms with van der Waals surface area (Å²) in [7, 11) is 0. The molecule has 0 aliphatic rings. The molecule has 0 aromatic rings. The summed E-state index contributed by atoms with van der Waals surface area (Å²) in [5.74, 6) is 0.0301. The van der Waals surface area contributed by atoms with Gasteiger partial charge in [-0.05, 0) is 25.2 Å². The highest BCUT2D eigenvalue weighted by molar-refractivity contribution is 5.71. The topological polar surface area (TPSA) is 78.9 Å². The normalized spacial score (nSPS) is 12.4. The third kappa shape index (κ3) is 47.7. The molecule has 362 valence electrons. The SMILES string of the molecule is CCCCCCCCCCCCCCCCCC(=O)OC[C@@H](COC(=O)CCCCCCCCCCCCC(C)CC)OC(=O)CCCCCCCCCCCCCCCC. The highest BCUT2D eigenvalue weighted by atomic mass is 16.6. The lowest BCUT2D eigenvalue weighted by molar-refractivity contribution is -0.167. The number of hydrogen-bond donors (Lipinski definition) is 0. The Balaban J connectivity index is 4.31. The lowest BCUT2D eigenvalue weighted by Crippen LogP contribution is -2.30. The van der Waals surface area contributed by atoms with Crippen LogP contribution in [0.1, 0.15) is 310 Å². The molecule has 0 radical (unpaired) electrons. The first-order valence-corrected chi connectivity index (χ1v) is 27.4. The van der Waals surface area contributed by atoms with Crippen LogP contribution in [0.25, 0.3) is 0 Å². The fourth-order valence-electron chi connectivity index (χ4n) is 8.36. The number of rotatable bonds is 50. The first-order valence-electron chi connectivity index (χ1n) is 27.4. The zero-order chi connectivity index (χ0) is 44.5. The van der Waals surface area contributed by atoms with Crippen molar-refractivity contribution in [2.24, 2.45) is 5.92 Å². The van der Waals surface area contributed by atoms with Crippen LogP contribution < -0.4 is 0 Å². The van der Waals surface area contributed by atoms with Crippen LogP contribution in [0.2, 0.25) is 0 Å². The third-order valence-electron chi connectivity index (χ3n) is 12.9. The molecular weight excluding hydrogens is 757 g/mol. The molecule has 6 heteroatoms. The lowest BCUT2D eigenvalue weighted by atomic mass is 9.99. The maximum Gasteiger partial charge on any atom is 0.306 e. The van der Waals surface area contributed by atoms with Crippen molar-refractivity contribution in [3.05, 3.63) is 0 Å². The quantitative estimate of drug-likeness (QED) is 0.0344. The Morgan fingerprint density at radius 1 is 0.328 bits per heavy atom. The zero-order valence-corrected chi connectivity index (χ0v) is 41.6. The number of carbonyl (C=O) groups excluding carboxylic acids is 3. The van der Waals surface area contributed by atoms with Crippen LogP contribution in [-0.4, -0.2) is 37.2 Å². The standard InChI is InChI=1S/C55H106O6/c1-5-8-10-12-14-16-18-20-22-24-25-30-34-38-42-46-53(56)59-49-52(61-55(58)48-44-40-36-32-26-23-21-19-17-15-13-11-9-6-2)50-60-54(57)47-43-39-35-31-28-27-29-33-37-41-45-51(4)7-3/h51-52H,5-50H2,1-4H3/t51?,52-/m0/s1. The van der Waals surface area contributed by atoms with E-state index in [4.69, 9.17) is 14.2 Å². The van der Waals surface area contributed by atoms with Gasteiger partial charge in [0, 0.05) is 19.3 Å². The summed E-state index contributed by atoms with van der Waals surface area (Å²) in [5, 5.41) is 0. The van der Waals surface area contributed by atoms with E-state index in [0.717, 1.165) is 63.7 Å². The number of unbranched alkanes of at least 4 members (excludes halogenated alkanes) is 36. The van der Waals surface area contributed by atoms with E-state index in [9.17, 15) is 14.4 Å². The van der Waals surface area contributed by atoms with E-state index >= 15 is 0 Å². The Kier molecular flexibility index (Phi) is 48.1. The van der Waals surface area contributed by atoms with Gasteiger partial charge in [-0.3, -0.25) is 14.4 Å². The average molecular weight is 863 g/mol. The monoisotopic (exact) mass is 863 g/mol. The summed E-state index contributed by atoms with van der Waals surface area (Å²) in [5.41, 5.74) is 0. The molecule has 6 nitrogen and oxygen atoms in total. The van der Waals surface area contributed by atoms with Gasteiger partial charge in [-0.25, -0.2) is 0 Å². The Labute approximate surface area is 380 Å². The molecule has 0 amide bonds. The third-order valence-corrected chi connectivity index (χ3v) is 12.9. The molecule has 0 aliphatic carbocycles. The van der Waals surface area contributed by atoms with Crippen LogP contribution in [-0.2, 0) is 28.6 Å². The molecule has 0 aromatic carbocycles. The first-order chi connectivity index (χ1) is 29.9. The minimum absolute atomic E-state index is 0.0623. The molecule has 1 unspecified atom stereocenters. The van der Waals surface area contributed by atoms with E-state index in [1.807, 2.05) is 0 Å². The molecular formula is C55H106O6. The van der Waals surface area contributed by atoms with Crippen molar-refractivity contribution in [3.8, 4) is 0 Å². The molecule has 61 heavy (non-hydrogen) atoms. The molecule has 0 fully saturated rings. The fraction of sp³-hybridized carbons (Fsp3) is 0.945. The summed E-state index contributed by atoms with van der Waals surface area (Å²) in [6.45, 7) is 9.07. The molecule has 0 spiro atoms. The van der Waals surface area contributed by atoms with Gasteiger partial charge in [0.15, 0.2) is 6.10 Å². The van der Waals surface area contributed by atoms with Gasteiger partial charge in [-0.2, -0.15) is 0 Å². The van der Waals surface area contributed by atoms with Gasteiger partial charge >= 0.3 is 17.9 Å². The van der Waals surface area contributed by atoms with Crippen LogP contribution in [0, 0.1) is 5.92 Å². The number of carbonyl (C=O) groups is 3. The predicted molar refractivity (Wildman–Crippen MR) is 261 cm³/mol. The van der Waals surface area contributed by atoms with Crippen LogP contribution >= 0.6 is 0 Å². The largest absolute Gasteiger partial charge is 0.462 e. The maximum absolute atomic E-state index is 12.8. The van der Waals surface area contributed by atoms with E-state index < -0.39 is 6.10 Å². The van der Waals surface area contributed by atoms with Gasteiger partial charge in [0.1, 0.15) is 13.2 Å². The number of hydrogen-bond acceptors (Lipinski definition) is 6. The minimum Gasteiger partial charge on any atom is -0.462 e. The Hall–Kier alpha value is -1.59. The Bertz CT molecular complexity index is 920. The second-order valence-corrected chi connectivity index (χ2v) is 19.1. The highest BCUT2D eigenvalue weighted by Gasteiger charge is 2.19. The van der Waals surface area contributed by atoms with Crippen LogP contribution in [0.4, 0.5) is 0 Å². The van der Waals surface area contributed by atoms with Gasteiger partial charge in [0.05, 0.1) is 0 Å². The summed E-state index contributed by atoms with van der Waals surface area (Å²) in [4.78, 5) is 38.0. The Morgan fingerprint density at radius 3 is 0.852 bits per heavy atom. The maximum atomic E-state index is 12.8. The molecule has 0 aromatic heterocycles. The van der Waals surface area contributed by atoms with Crippen LogP contribution in [0.15, 0.2) is 0 Å². The number of ether oxygens (including phenoxy) is 3.